The molecule has 0 unspecified atom stereocenters. The van der Waals surface area contributed by atoms with Crippen molar-refractivity contribution in [2.75, 3.05) is 0 Å². The van der Waals surface area contributed by atoms with Crippen LogP contribution in [0, 0.1) is 103 Å². The summed E-state index contributed by atoms with van der Waals surface area (Å²) in [5, 5.41) is 59.0. The molecule has 0 atom stereocenters. The molecule has 0 aromatic heterocycles. The number of quaternary nitrogens is 1. The van der Waals surface area contributed by atoms with E-state index >= 15 is 0 Å². The molecule has 0 aliphatic rings. The van der Waals surface area contributed by atoms with Crippen molar-refractivity contribution in [1.29, 1.82) is 0 Å². The Morgan fingerprint density at radius 2 is 0.409 bits per heavy atom. The van der Waals surface area contributed by atoms with Gasteiger partial charge in [0.1, 0.15) is 0 Å². The maximum atomic E-state index is 8.25. The fourth-order valence-corrected chi connectivity index (χ4v) is 0. The Hall–Kier alpha value is -2.02. The van der Waals surface area contributed by atoms with Gasteiger partial charge in [-0.2, -0.15) is 0 Å². The predicted octanol–water partition coefficient (Wildman–Crippen LogP) is -3.88. The molecule has 0 saturated carbocycles. The van der Waals surface area contributed by atoms with E-state index in [9.17, 15) is 0 Å². The van der Waals surface area contributed by atoms with Crippen molar-refractivity contribution in [2.24, 2.45) is 0 Å². The molecule has 0 spiro atoms. The van der Waals surface area contributed by atoms with Crippen LogP contribution < -0.4 is 6.15 Å². The fraction of sp³-hybridized carbons (Fsp3) is 0. The van der Waals surface area contributed by atoms with Crippen LogP contribution >= 0.6 is 0 Å². The molecule has 0 aliphatic heterocycles. The second-order valence-corrected chi connectivity index (χ2v) is 0.894. The van der Waals surface area contributed by atoms with E-state index < -0.39 is 20.3 Å². The van der Waals surface area contributed by atoms with Gasteiger partial charge in [-0.25, -0.2) is 0 Å². The third-order valence-corrected chi connectivity index (χ3v) is 0. The van der Waals surface area contributed by atoms with Gasteiger partial charge in [-0.15, -0.1) is 0 Å². The van der Waals surface area contributed by atoms with Gasteiger partial charge in [0.05, 0.1) is 20.3 Å². The van der Waals surface area contributed by atoms with E-state index in [1.807, 2.05) is 0 Å². The van der Waals surface area contributed by atoms with Crippen molar-refractivity contribution in [3.8, 4) is 0 Å². The van der Waals surface area contributed by atoms with Gasteiger partial charge in [0.25, 0.3) is 0 Å². The first-order chi connectivity index (χ1) is 6.93. The summed E-state index contributed by atoms with van der Waals surface area (Å²) in [5.74, 6) is 0. The van der Waals surface area contributed by atoms with Crippen LogP contribution in [0.25, 0.3) is 0 Å². The Kier molecular flexibility index (Phi) is 202. The molecule has 0 rings (SSSR count). The molecule has 0 heterocycles. The molecule has 22 heavy (non-hydrogen) atoms. The van der Waals surface area contributed by atoms with E-state index in [1.54, 1.807) is 0 Å². The fourth-order valence-electron chi connectivity index (χ4n) is 0. The van der Waals surface area contributed by atoms with Gasteiger partial charge >= 0.3 is 41.7 Å². The zero-order chi connectivity index (χ0) is 14.3. The van der Waals surface area contributed by atoms with Crippen LogP contribution in [0.3, 0.4) is 0 Å². The molecule has 0 aliphatic carbocycles. The molecule has 21 nitrogen and oxygen atoms in total. The van der Waals surface area contributed by atoms with Gasteiger partial charge in [-0.3, -0.25) is 0 Å². The van der Waals surface area contributed by atoms with Crippen LogP contribution in [0.2, 0.25) is 0 Å². The van der Waals surface area contributed by atoms with Gasteiger partial charge in [-0.05, 0) is 0 Å². The monoisotopic (exact) mass is 478 g/mol. The Morgan fingerprint density at radius 3 is 0.409 bits per heavy atom. The molecule has 0 amide bonds. The summed E-state index contributed by atoms with van der Waals surface area (Å²) in [6.07, 6.45) is 0. The molecule has 0 saturated heterocycles. The van der Waals surface area contributed by atoms with Crippen LogP contribution in [-0.2, 0) is 0 Å². The van der Waals surface area contributed by atoms with Gasteiger partial charge in [0, 0.05) is 0 Å². The quantitative estimate of drug-likeness (QED) is 0.258. The second-order valence-electron chi connectivity index (χ2n) is 0.894. The number of hydrogen-bond donors (Lipinski definition) is 1. The minimum Gasteiger partial charge on any atom is -0.412 e. The minimum atomic E-state index is -1.75. The van der Waals surface area contributed by atoms with Crippen molar-refractivity contribution in [3.05, 3.63) is 61.3 Å². The van der Waals surface area contributed by atoms with Crippen LogP contribution in [-0.4, -0.2) is 42.3 Å². The largest absolute Gasteiger partial charge is 3.00 e. The predicted molar refractivity (Wildman–Crippen MR) is 61.9 cm³/mol. The molecule has 0 bridgehead atoms. The minimum absolute atomic E-state index is 0. The molecule has 1 radical (unpaired) electrons. The van der Waals surface area contributed by atoms with Crippen molar-refractivity contribution < 1.29 is 84.0 Å². The second kappa shape index (κ2) is 61.6. The summed E-state index contributed by atoms with van der Waals surface area (Å²) in [4.78, 5) is 33.0. The van der Waals surface area contributed by atoms with Crippen LogP contribution in [0.15, 0.2) is 0 Å². The normalized spacial score (nSPS) is 4.36. The Labute approximate surface area is 151 Å². The number of rotatable bonds is 0. The van der Waals surface area contributed by atoms with E-state index in [-0.39, 0.29) is 69.8 Å². The standard InChI is InChI=1S/Ce.4NO3.H3N.4H2O/c;4*2-1(3)4;;;;;/h;;;;;1H3;4*1H2/q+3;4*-1;;;;;/p+1. The van der Waals surface area contributed by atoms with Crippen LogP contribution in [0.1, 0.15) is 0 Å². The van der Waals surface area contributed by atoms with E-state index in [0.717, 1.165) is 0 Å². The molecule has 0 aromatic rings. The summed E-state index contributed by atoms with van der Waals surface area (Å²) in [6, 6.07) is 0. The molecule has 22 heteroatoms. The average Bonchev–Trinajstić information content (AvgIpc) is 1.76. The smallest absolute Gasteiger partial charge is 0.412 e. The van der Waals surface area contributed by atoms with E-state index in [0.29, 0.717) is 0 Å². The zero-order valence-corrected chi connectivity index (χ0v) is 13.3. The molecule has 137 valence electrons. The molecule has 0 aromatic carbocycles. The van der Waals surface area contributed by atoms with Crippen molar-refractivity contribution in [1.82, 2.24) is 6.15 Å². The summed E-state index contributed by atoms with van der Waals surface area (Å²) >= 11 is 0. The molecular weight excluding hydrogens is 466 g/mol. The van der Waals surface area contributed by atoms with Crippen molar-refractivity contribution in [3.63, 3.8) is 0 Å². The molecular formula is H12CeN5O16. The third kappa shape index (κ3) is 1270. The topological polar surface area (TPSA) is 427 Å². The Balaban J connectivity index is -0.00000001000. The summed E-state index contributed by atoms with van der Waals surface area (Å²) in [6.45, 7) is 0. The van der Waals surface area contributed by atoms with Crippen LogP contribution in [0.4, 0.5) is 0 Å². The Bertz CT molecular complexity index is 163. The SMILES string of the molecule is O.O.O.O.O=[N+]([O-])[O-].O=[N+]([O-])[O-].O=[N+]([O-])[O-].O=[N+]([O-])[O-].[Ce+3].[NH4+]. The zero-order valence-electron chi connectivity index (χ0n) is 10.2. The van der Waals surface area contributed by atoms with E-state index in [1.165, 1.54) is 0 Å². The van der Waals surface area contributed by atoms with Crippen LogP contribution in [0.5, 0.6) is 0 Å². The van der Waals surface area contributed by atoms with Gasteiger partial charge < -0.3 is 89.3 Å². The van der Waals surface area contributed by atoms with Crippen molar-refractivity contribution >= 4 is 0 Å². The summed E-state index contributed by atoms with van der Waals surface area (Å²) in [7, 11) is 0. The molecule has 0 fully saturated rings. The summed E-state index contributed by atoms with van der Waals surface area (Å²) < 4.78 is 0. The maximum Gasteiger partial charge on any atom is 3.00 e. The van der Waals surface area contributed by atoms with E-state index in [4.69, 9.17) is 61.3 Å². The third-order valence-electron chi connectivity index (χ3n) is 0. The molecule has 12 N–H and O–H groups in total. The first-order valence-electron chi connectivity index (χ1n) is 2.19. The average molecular weight is 478 g/mol. The summed E-state index contributed by atoms with van der Waals surface area (Å²) in [5.41, 5.74) is 0. The van der Waals surface area contributed by atoms with Crippen molar-refractivity contribution in [2.45, 2.75) is 0 Å². The first kappa shape index (κ1) is 72.3. The van der Waals surface area contributed by atoms with E-state index in [2.05, 4.69) is 0 Å². The van der Waals surface area contributed by atoms with Gasteiger partial charge in [0.15, 0.2) is 0 Å². The van der Waals surface area contributed by atoms with Gasteiger partial charge in [-0.1, -0.05) is 0 Å². The number of hydrogen-bond acceptors (Lipinski definition) is 12. The Morgan fingerprint density at radius 1 is 0.409 bits per heavy atom. The maximum absolute atomic E-state index is 8.25. The van der Waals surface area contributed by atoms with Gasteiger partial charge in [0.2, 0.25) is 0 Å². The first-order valence-corrected chi connectivity index (χ1v) is 2.19. The number of nitrogens with zero attached hydrogens (tertiary/aromatic N) is 4.